The Morgan fingerprint density at radius 3 is 2.38 bits per heavy atom. The summed E-state index contributed by atoms with van der Waals surface area (Å²) < 4.78 is 0. The molecule has 0 bridgehead atoms. The highest BCUT2D eigenvalue weighted by molar-refractivity contribution is 5.01. The number of nitrogens with zero attached hydrogens (tertiary/aromatic N) is 2. The van der Waals surface area contributed by atoms with Crippen LogP contribution in [0.1, 0.15) is 32.1 Å². The van der Waals surface area contributed by atoms with Crippen LogP contribution >= 0.6 is 0 Å². The van der Waals surface area contributed by atoms with Crippen molar-refractivity contribution in [2.75, 3.05) is 13.6 Å². The van der Waals surface area contributed by atoms with Crippen molar-refractivity contribution in [1.29, 1.82) is 5.26 Å². The number of rotatable bonds is 2. The van der Waals surface area contributed by atoms with E-state index in [1.807, 2.05) is 0 Å². The molecule has 0 aromatic carbocycles. The van der Waals surface area contributed by atoms with Crippen molar-refractivity contribution in [2.45, 2.75) is 38.1 Å². The Morgan fingerprint density at radius 2 is 2.00 bits per heavy atom. The number of nitriles is 1. The second kappa shape index (κ2) is 3.67. The van der Waals surface area contributed by atoms with Crippen LogP contribution < -0.4 is 0 Å². The molecule has 2 aliphatic rings. The monoisotopic (exact) mass is 178 g/mol. The SMILES string of the molecule is CN1CCC1C(C#N)C1CCCC1. The van der Waals surface area contributed by atoms with Gasteiger partial charge in [0.15, 0.2) is 0 Å². The highest BCUT2D eigenvalue weighted by atomic mass is 15.2. The molecule has 0 spiro atoms. The first-order valence-electron chi connectivity index (χ1n) is 5.43. The fourth-order valence-corrected chi connectivity index (χ4v) is 2.81. The van der Waals surface area contributed by atoms with Gasteiger partial charge in [0.1, 0.15) is 0 Å². The Morgan fingerprint density at radius 1 is 1.31 bits per heavy atom. The van der Waals surface area contributed by atoms with Gasteiger partial charge in [-0.2, -0.15) is 5.26 Å². The summed E-state index contributed by atoms with van der Waals surface area (Å²) in [4.78, 5) is 2.34. The highest BCUT2D eigenvalue weighted by Gasteiger charge is 2.37. The first-order chi connectivity index (χ1) is 6.33. The van der Waals surface area contributed by atoms with Crippen LogP contribution in [0.3, 0.4) is 0 Å². The van der Waals surface area contributed by atoms with Crippen molar-refractivity contribution in [3.8, 4) is 6.07 Å². The van der Waals surface area contributed by atoms with Gasteiger partial charge in [-0.05, 0) is 38.8 Å². The van der Waals surface area contributed by atoms with E-state index in [-0.39, 0.29) is 0 Å². The highest BCUT2D eigenvalue weighted by Crippen LogP contribution is 2.37. The standard InChI is InChI=1S/C11H18N2/c1-13-7-6-11(13)10(8-12)9-4-2-3-5-9/h9-11H,2-7H2,1H3. The average Bonchev–Trinajstić information content (AvgIpc) is 2.63. The normalized spacial score (nSPS) is 32.5. The summed E-state index contributed by atoms with van der Waals surface area (Å²) in [5, 5.41) is 9.16. The van der Waals surface area contributed by atoms with Gasteiger partial charge in [-0.3, -0.25) is 0 Å². The number of likely N-dealkylation sites (tertiary alicyclic amines) is 1. The Labute approximate surface area is 80.5 Å². The smallest absolute Gasteiger partial charge is 0.0675 e. The lowest BCUT2D eigenvalue weighted by Crippen LogP contribution is -2.50. The lowest BCUT2D eigenvalue weighted by Gasteiger charge is -2.42. The zero-order chi connectivity index (χ0) is 9.26. The zero-order valence-corrected chi connectivity index (χ0v) is 8.37. The number of hydrogen-bond acceptors (Lipinski definition) is 2. The third-order valence-corrected chi connectivity index (χ3v) is 3.82. The van der Waals surface area contributed by atoms with E-state index in [1.54, 1.807) is 0 Å². The average molecular weight is 178 g/mol. The maximum Gasteiger partial charge on any atom is 0.0675 e. The molecule has 13 heavy (non-hydrogen) atoms. The molecular weight excluding hydrogens is 160 g/mol. The van der Waals surface area contributed by atoms with Gasteiger partial charge in [0.05, 0.1) is 12.0 Å². The van der Waals surface area contributed by atoms with Crippen LogP contribution in [-0.2, 0) is 0 Å². The van der Waals surface area contributed by atoms with Gasteiger partial charge in [-0.25, -0.2) is 0 Å². The lowest BCUT2D eigenvalue weighted by molar-refractivity contribution is 0.0705. The molecule has 0 aromatic heterocycles. The zero-order valence-electron chi connectivity index (χ0n) is 8.37. The molecule has 1 aliphatic heterocycles. The van der Waals surface area contributed by atoms with E-state index in [2.05, 4.69) is 18.0 Å². The fraction of sp³-hybridized carbons (Fsp3) is 0.909. The summed E-state index contributed by atoms with van der Waals surface area (Å²) in [6, 6.07) is 3.11. The van der Waals surface area contributed by atoms with Gasteiger partial charge in [-0.15, -0.1) is 0 Å². The minimum atomic E-state index is 0.321. The van der Waals surface area contributed by atoms with Gasteiger partial charge in [0, 0.05) is 6.04 Å². The molecule has 2 nitrogen and oxygen atoms in total. The molecule has 0 amide bonds. The quantitative estimate of drug-likeness (QED) is 0.647. The van der Waals surface area contributed by atoms with Crippen LogP contribution in [0.2, 0.25) is 0 Å². The van der Waals surface area contributed by atoms with Gasteiger partial charge in [0.2, 0.25) is 0 Å². The van der Waals surface area contributed by atoms with Crippen molar-refractivity contribution in [3.05, 3.63) is 0 Å². The topological polar surface area (TPSA) is 27.0 Å². The molecule has 1 aliphatic carbocycles. The third-order valence-electron chi connectivity index (χ3n) is 3.82. The second-order valence-electron chi connectivity index (χ2n) is 4.54. The minimum absolute atomic E-state index is 0.321. The summed E-state index contributed by atoms with van der Waals surface area (Å²) in [5.41, 5.74) is 0. The van der Waals surface area contributed by atoms with E-state index in [0.717, 1.165) is 0 Å². The Hall–Kier alpha value is -0.550. The van der Waals surface area contributed by atoms with Crippen molar-refractivity contribution < 1.29 is 0 Å². The van der Waals surface area contributed by atoms with Gasteiger partial charge >= 0.3 is 0 Å². The van der Waals surface area contributed by atoms with E-state index < -0.39 is 0 Å². The molecule has 2 unspecified atom stereocenters. The Bertz CT molecular complexity index is 211. The molecule has 2 rings (SSSR count). The third kappa shape index (κ3) is 1.58. The largest absolute Gasteiger partial charge is 0.302 e. The van der Waals surface area contributed by atoms with E-state index in [0.29, 0.717) is 17.9 Å². The van der Waals surface area contributed by atoms with Gasteiger partial charge < -0.3 is 4.90 Å². The second-order valence-corrected chi connectivity index (χ2v) is 4.54. The Kier molecular flexibility index (Phi) is 2.55. The maximum absolute atomic E-state index is 9.16. The van der Waals surface area contributed by atoms with Crippen molar-refractivity contribution in [3.63, 3.8) is 0 Å². The molecule has 72 valence electrons. The van der Waals surface area contributed by atoms with Crippen LogP contribution in [0.15, 0.2) is 0 Å². The van der Waals surface area contributed by atoms with E-state index in [9.17, 15) is 0 Å². The lowest BCUT2D eigenvalue weighted by atomic mass is 9.80. The van der Waals surface area contributed by atoms with Crippen LogP contribution in [0.25, 0.3) is 0 Å². The first kappa shape index (κ1) is 9.02. The van der Waals surface area contributed by atoms with Crippen molar-refractivity contribution >= 4 is 0 Å². The molecule has 0 radical (unpaired) electrons. The summed E-state index contributed by atoms with van der Waals surface area (Å²) in [6.07, 6.45) is 6.52. The molecule has 1 saturated carbocycles. The molecule has 0 aromatic rings. The predicted molar refractivity (Wildman–Crippen MR) is 52.1 cm³/mol. The van der Waals surface area contributed by atoms with Gasteiger partial charge in [0.25, 0.3) is 0 Å². The first-order valence-corrected chi connectivity index (χ1v) is 5.43. The van der Waals surface area contributed by atoms with Crippen molar-refractivity contribution in [2.24, 2.45) is 11.8 Å². The van der Waals surface area contributed by atoms with E-state index in [1.165, 1.54) is 38.6 Å². The predicted octanol–water partition coefficient (Wildman–Crippen LogP) is 2.02. The molecule has 1 heterocycles. The fourth-order valence-electron chi connectivity index (χ4n) is 2.81. The maximum atomic E-state index is 9.16. The van der Waals surface area contributed by atoms with E-state index >= 15 is 0 Å². The van der Waals surface area contributed by atoms with Gasteiger partial charge in [-0.1, -0.05) is 12.8 Å². The molecule has 0 N–H and O–H groups in total. The Balaban J connectivity index is 1.96. The summed E-state index contributed by atoms with van der Waals surface area (Å²) in [6.45, 7) is 1.19. The van der Waals surface area contributed by atoms with Crippen LogP contribution in [0, 0.1) is 23.2 Å². The van der Waals surface area contributed by atoms with E-state index in [4.69, 9.17) is 5.26 Å². The molecule has 2 fully saturated rings. The molecular formula is C11H18N2. The molecule has 2 heteroatoms. The summed E-state index contributed by atoms with van der Waals surface area (Å²) in [7, 11) is 2.15. The summed E-state index contributed by atoms with van der Waals surface area (Å²) in [5.74, 6) is 1.03. The van der Waals surface area contributed by atoms with Crippen LogP contribution in [-0.4, -0.2) is 24.5 Å². The molecule has 1 saturated heterocycles. The van der Waals surface area contributed by atoms with Crippen molar-refractivity contribution in [1.82, 2.24) is 4.90 Å². The minimum Gasteiger partial charge on any atom is -0.302 e. The molecule has 2 atom stereocenters. The van der Waals surface area contributed by atoms with Crippen LogP contribution in [0.4, 0.5) is 0 Å². The summed E-state index contributed by atoms with van der Waals surface area (Å²) >= 11 is 0. The number of hydrogen-bond donors (Lipinski definition) is 0. The van der Waals surface area contributed by atoms with Crippen LogP contribution in [0.5, 0.6) is 0 Å².